The van der Waals surface area contributed by atoms with Gasteiger partial charge in [-0.3, -0.25) is 14.5 Å². The molecule has 33 heavy (non-hydrogen) atoms. The lowest BCUT2D eigenvalue weighted by Gasteiger charge is -2.39. The van der Waals surface area contributed by atoms with Crippen molar-refractivity contribution < 1.29 is 22.8 Å². The number of likely N-dealkylation sites (tertiary alicyclic amines) is 1. The second-order valence-electron chi connectivity index (χ2n) is 8.72. The van der Waals surface area contributed by atoms with Crippen LogP contribution in [0.25, 0.3) is 0 Å². The lowest BCUT2D eigenvalue weighted by atomic mass is 9.73. The van der Waals surface area contributed by atoms with E-state index >= 15 is 0 Å². The smallest absolute Gasteiger partial charge is 0.345 e. The fraction of sp³-hybridized carbons (Fsp3) is 0.417. The first kappa shape index (κ1) is 23.6. The highest BCUT2D eigenvalue weighted by molar-refractivity contribution is 6.34. The highest BCUT2D eigenvalue weighted by Crippen LogP contribution is 2.51. The number of hydrogen-bond donors (Lipinski definition) is 1. The van der Waals surface area contributed by atoms with Crippen LogP contribution in [0.2, 0.25) is 5.02 Å². The maximum Gasteiger partial charge on any atom is 0.405 e. The maximum absolute atomic E-state index is 13.7. The van der Waals surface area contributed by atoms with Gasteiger partial charge in [0.05, 0.1) is 11.1 Å². The topological polar surface area (TPSA) is 52.7 Å². The first-order chi connectivity index (χ1) is 15.6. The standard InChI is InChI=1S/C24H25ClF3N3O2/c1-16-7-8-18-20(21(16)25)23(22(33)31(18)14-19(32)29-15-24(26,27)28)9-11-30(12-10-23)13-17-5-3-2-4-6-17/h2-8H,9-15H2,1H3,(H,29,32). The summed E-state index contributed by atoms with van der Waals surface area (Å²) in [6, 6.07) is 13.6. The van der Waals surface area contributed by atoms with Gasteiger partial charge >= 0.3 is 6.18 Å². The summed E-state index contributed by atoms with van der Waals surface area (Å²) in [5, 5.41) is 2.34. The van der Waals surface area contributed by atoms with E-state index in [1.165, 1.54) is 10.5 Å². The molecule has 0 unspecified atom stereocenters. The Labute approximate surface area is 195 Å². The van der Waals surface area contributed by atoms with Crippen LogP contribution in [0.4, 0.5) is 18.9 Å². The highest BCUT2D eigenvalue weighted by Gasteiger charge is 2.53. The molecular formula is C24H25ClF3N3O2. The van der Waals surface area contributed by atoms with Crippen molar-refractivity contribution in [2.45, 2.75) is 37.9 Å². The van der Waals surface area contributed by atoms with Gasteiger partial charge in [-0.1, -0.05) is 48.0 Å². The zero-order valence-electron chi connectivity index (χ0n) is 18.2. The summed E-state index contributed by atoms with van der Waals surface area (Å²) in [7, 11) is 0. The van der Waals surface area contributed by atoms with Gasteiger partial charge in [0.15, 0.2) is 0 Å². The Balaban J connectivity index is 1.56. The summed E-state index contributed by atoms with van der Waals surface area (Å²) in [6.07, 6.45) is -3.47. The van der Waals surface area contributed by atoms with Gasteiger partial charge in [-0.25, -0.2) is 0 Å². The number of amides is 2. The summed E-state index contributed by atoms with van der Waals surface area (Å²) in [6.45, 7) is 2.04. The van der Waals surface area contributed by atoms with Gasteiger partial charge in [0.2, 0.25) is 11.8 Å². The van der Waals surface area contributed by atoms with E-state index < -0.39 is 30.6 Å². The van der Waals surface area contributed by atoms with Crippen molar-refractivity contribution in [2.24, 2.45) is 0 Å². The molecule has 4 rings (SSSR count). The third kappa shape index (κ3) is 4.73. The molecule has 1 saturated heterocycles. The highest BCUT2D eigenvalue weighted by atomic mass is 35.5. The van der Waals surface area contributed by atoms with Gasteiger partial charge in [0, 0.05) is 17.1 Å². The Morgan fingerprint density at radius 3 is 2.42 bits per heavy atom. The number of halogens is 4. The van der Waals surface area contributed by atoms with E-state index in [-0.39, 0.29) is 5.91 Å². The van der Waals surface area contributed by atoms with Crippen LogP contribution in [0.5, 0.6) is 0 Å². The molecule has 176 valence electrons. The number of benzene rings is 2. The molecule has 0 aliphatic carbocycles. The van der Waals surface area contributed by atoms with Gasteiger partial charge in [-0.05, 0) is 50.0 Å². The molecule has 1 N–H and O–H groups in total. The lowest BCUT2D eigenvalue weighted by Crippen LogP contribution is -2.50. The Kier molecular flexibility index (Phi) is 6.42. The van der Waals surface area contributed by atoms with Crippen molar-refractivity contribution in [1.29, 1.82) is 0 Å². The van der Waals surface area contributed by atoms with Gasteiger partial charge in [-0.15, -0.1) is 0 Å². The zero-order valence-corrected chi connectivity index (χ0v) is 19.0. The van der Waals surface area contributed by atoms with E-state index in [0.717, 1.165) is 12.1 Å². The van der Waals surface area contributed by atoms with Gasteiger partial charge in [0.1, 0.15) is 13.1 Å². The number of carbonyl (C=O) groups is 2. The Morgan fingerprint density at radius 2 is 1.79 bits per heavy atom. The minimum Gasteiger partial charge on any atom is -0.345 e. The van der Waals surface area contributed by atoms with E-state index in [9.17, 15) is 22.8 Å². The van der Waals surface area contributed by atoms with Crippen LogP contribution in [0, 0.1) is 6.92 Å². The van der Waals surface area contributed by atoms with Crippen LogP contribution in [0.1, 0.15) is 29.5 Å². The second-order valence-corrected chi connectivity index (χ2v) is 9.10. The summed E-state index contributed by atoms with van der Waals surface area (Å²) in [5.41, 5.74) is 2.32. The van der Waals surface area contributed by atoms with Crippen LogP contribution < -0.4 is 10.2 Å². The molecule has 0 saturated carbocycles. The Bertz CT molecular complexity index is 1050. The first-order valence-electron chi connectivity index (χ1n) is 10.8. The fourth-order valence-electron chi connectivity index (χ4n) is 4.78. The van der Waals surface area contributed by atoms with Gasteiger partial charge in [0.25, 0.3) is 0 Å². The van der Waals surface area contributed by atoms with E-state index in [1.807, 2.05) is 30.4 Å². The number of nitrogens with zero attached hydrogens (tertiary/aromatic N) is 2. The number of nitrogens with one attached hydrogen (secondary N) is 1. The van der Waals surface area contributed by atoms with Crippen molar-refractivity contribution in [3.05, 3.63) is 64.2 Å². The van der Waals surface area contributed by atoms with Crippen LogP contribution in [0.3, 0.4) is 0 Å². The maximum atomic E-state index is 13.7. The van der Waals surface area contributed by atoms with Crippen LogP contribution >= 0.6 is 11.6 Å². The molecule has 0 bridgehead atoms. The largest absolute Gasteiger partial charge is 0.405 e. The minimum atomic E-state index is -4.52. The van der Waals surface area contributed by atoms with Crippen molar-refractivity contribution in [3.8, 4) is 0 Å². The average molecular weight is 480 g/mol. The molecule has 2 aliphatic rings. The third-order valence-electron chi connectivity index (χ3n) is 6.48. The van der Waals surface area contributed by atoms with Crippen molar-refractivity contribution in [1.82, 2.24) is 10.2 Å². The molecule has 1 spiro atoms. The normalized spacial score (nSPS) is 18.0. The minimum absolute atomic E-state index is 0.272. The molecule has 2 aromatic carbocycles. The monoisotopic (exact) mass is 479 g/mol. The van der Waals surface area contributed by atoms with Crippen LogP contribution in [-0.2, 0) is 21.5 Å². The van der Waals surface area contributed by atoms with E-state index in [0.29, 0.717) is 42.2 Å². The molecule has 1 fully saturated rings. The van der Waals surface area contributed by atoms with Crippen LogP contribution in [-0.4, -0.2) is 49.1 Å². The molecular weight excluding hydrogens is 455 g/mol. The summed E-state index contributed by atoms with van der Waals surface area (Å²) in [4.78, 5) is 29.4. The lowest BCUT2D eigenvalue weighted by molar-refractivity contribution is -0.138. The number of aryl methyl sites for hydroxylation is 1. The van der Waals surface area contributed by atoms with E-state index in [4.69, 9.17) is 11.6 Å². The zero-order chi connectivity index (χ0) is 23.8. The first-order valence-corrected chi connectivity index (χ1v) is 11.2. The Hall–Kier alpha value is -2.58. The fourth-order valence-corrected chi connectivity index (χ4v) is 5.12. The summed E-state index contributed by atoms with van der Waals surface area (Å²) in [5.74, 6) is -1.13. The molecule has 0 aromatic heterocycles. The van der Waals surface area contributed by atoms with Crippen molar-refractivity contribution in [3.63, 3.8) is 0 Å². The molecule has 9 heteroatoms. The quantitative estimate of drug-likeness (QED) is 0.699. The van der Waals surface area contributed by atoms with Crippen molar-refractivity contribution in [2.75, 3.05) is 31.1 Å². The number of piperidine rings is 1. The molecule has 5 nitrogen and oxygen atoms in total. The number of hydrogen-bond acceptors (Lipinski definition) is 3. The van der Waals surface area contributed by atoms with E-state index in [2.05, 4.69) is 17.0 Å². The summed E-state index contributed by atoms with van der Waals surface area (Å²) < 4.78 is 37.5. The third-order valence-corrected chi connectivity index (χ3v) is 6.97. The molecule has 2 aromatic rings. The van der Waals surface area contributed by atoms with Gasteiger partial charge < -0.3 is 10.2 Å². The number of rotatable bonds is 5. The second kappa shape index (κ2) is 8.99. The molecule has 0 radical (unpaired) electrons. The summed E-state index contributed by atoms with van der Waals surface area (Å²) >= 11 is 6.67. The average Bonchev–Trinajstić information content (AvgIpc) is 3.00. The number of alkyl halides is 3. The number of fused-ring (bicyclic) bond motifs is 2. The Morgan fingerprint density at radius 1 is 1.12 bits per heavy atom. The van der Waals surface area contributed by atoms with Crippen molar-refractivity contribution >= 4 is 29.1 Å². The SMILES string of the molecule is Cc1ccc2c(c1Cl)C1(CCN(Cc3ccccc3)CC1)C(=O)N2CC(=O)NCC(F)(F)F. The predicted octanol–water partition coefficient (Wildman–Crippen LogP) is 4.21. The molecule has 2 aliphatic heterocycles. The number of carbonyl (C=O) groups excluding carboxylic acids is 2. The van der Waals surface area contributed by atoms with Crippen LogP contribution in [0.15, 0.2) is 42.5 Å². The molecule has 2 heterocycles. The van der Waals surface area contributed by atoms with E-state index in [1.54, 1.807) is 12.1 Å². The number of anilines is 1. The predicted molar refractivity (Wildman–Crippen MR) is 120 cm³/mol. The van der Waals surface area contributed by atoms with Gasteiger partial charge in [-0.2, -0.15) is 13.2 Å². The molecule has 2 amide bonds. The molecule has 0 atom stereocenters.